The van der Waals surface area contributed by atoms with Gasteiger partial charge in [0.2, 0.25) is 0 Å². The van der Waals surface area contributed by atoms with E-state index in [0.29, 0.717) is 11.6 Å². The number of nitrogens with two attached hydrogens (primary N) is 1. The summed E-state index contributed by atoms with van der Waals surface area (Å²) in [5.74, 6) is 0. The van der Waals surface area contributed by atoms with E-state index in [0.717, 1.165) is 30.6 Å². The third-order valence-electron chi connectivity index (χ3n) is 3.23. The highest BCUT2D eigenvalue weighted by Crippen LogP contribution is 2.30. The zero-order valence-electron chi connectivity index (χ0n) is 10.1. The van der Waals surface area contributed by atoms with Gasteiger partial charge in [-0.15, -0.1) is 0 Å². The second-order valence-electron chi connectivity index (χ2n) is 4.74. The van der Waals surface area contributed by atoms with Crippen LogP contribution in [0.1, 0.15) is 31.4 Å². The van der Waals surface area contributed by atoms with Crippen molar-refractivity contribution in [3.63, 3.8) is 0 Å². The summed E-state index contributed by atoms with van der Waals surface area (Å²) < 4.78 is 0. The average molecular weight is 255 g/mol. The van der Waals surface area contributed by atoms with Crippen molar-refractivity contribution in [3.05, 3.63) is 28.8 Å². The molecule has 0 bridgehead atoms. The molecule has 2 rings (SSSR count). The molecule has 4 heteroatoms. The van der Waals surface area contributed by atoms with Gasteiger partial charge >= 0.3 is 0 Å². The quantitative estimate of drug-likeness (QED) is 0.852. The van der Waals surface area contributed by atoms with E-state index < -0.39 is 0 Å². The summed E-state index contributed by atoms with van der Waals surface area (Å²) in [5.41, 5.74) is 7.85. The van der Waals surface area contributed by atoms with Crippen LogP contribution < -0.4 is 10.6 Å². The Morgan fingerprint density at radius 1 is 1.53 bits per heavy atom. The molecule has 17 heavy (non-hydrogen) atoms. The first-order valence-electron chi connectivity index (χ1n) is 6.06. The predicted octanol–water partition coefficient (Wildman–Crippen LogP) is 2.32. The number of piperidine rings is 1. The molecule has 2 atom stereocenters. The zero-order chi connectivity index (χ0) is 12.4. The number of aliphatic hydroxyl groups is 1. The molecule has 0 amide bonds. The second kappa shape index (κ2) is 5.25. The molecule has 0 spiro atoms. The number of halogens is 1. The Morgan fingerprint density at radius 3 is 2.88 bits per heavy atom. The highest BCUT2D eigenvalue weighted by Gasteiger charge is 2.19. The highest BCUT2D eigenvalue weighted by molar-refractivity contribution is 6.33. The summed E-state index contributed by atoms with van der Waals surface area (Å²) in [6, 6.07) is 5.92. The van der Waals surface area contributed by atoms with Crippen molar-refractivity contribution in [3.8, 4) is 0 Å². The third-order valence-corrected chi connectivity index (χ3v) is 3.54. The first-order chi connectivity index (χ1) is 8.08. The molecular formula is C13H19ClN2O. The van der Waals surface area contributed by atoms with Gasteiger partial charge in [0.05, 0.1) is 16.8 Å². The molecule has 1 fully saturated rings. The molecule has 0 aromatic heterocycles. The van der Waals surface area contributed by atoms with Crippen molar-refractivity contribution in [1.29, 1.82) is 0 Å². The van der Waals surface area contributed by atoms with E-state index in [-0.39, 0.29) is 12.1 Å². The fourth-order valence-electron chi connectivity index (χ4n) is 2.24. The van der Waals surface area contributed by atoms with E-state index in [4.69, 9.17) is 17.3 Å². The van der Waals surface area contributed by atoms with E-state index in [1.165, 1.54) is 0 Å². The Morgan fingerprint density at radius 2 is 2.29 bits per heavy atom. The lowest BCUT2D eigenvalue weighted by molar-refractivity contribution is 0.154. The summed E-state index contributed by atoms with van der Waals surface area (Å²) >= 11 is 6.28. The number of hydrogen-bond acceptors (Lipinski definition) is 3. The number of rotatable bonds is 2. The molecule has 0 radical (unpaired) electrons. The SMILES string of the molecule is C[C@H](N)c1ccc(N2CCCC(O)C2)c(Cl)c1. The minimum Gasteiger partial charge on any atom is -0.391 e. The Kier molecular flexibility index (Phi) is 3.92. The smallest absolute Gasteiger partial charge is 0.0715 e. The van der Waals surface area contributed by atoms with Crippen LogP contribution in [0.25, 0.3) is 0 Å². The van der Waals surface area contributed by atoms with E-state index in [1.54, 1.807) is 0 Å². The lowest BCUT2D eigenvalue weighted by Crippen LogP contribution is -2.38. The van der Waals surface area contributed by atoms with Crippen molar-refractivity contribution in [2.45, 2.75) is 31.9 Å². The Bertz CT molecular complexity index is 395. The van der Waals surface area contributed by atoms with Crippen LogP contribution in [-0.2, 0) is 0 Å². The maximum Gasteiger partial charge on any atom is 0.0715 e. The lowest BCUT2D eigenvalue weighted by atomic mass is 10.1. The van der Waals surface area contributed by atoms with E-state index in [2.05, 4.69) is 4.90 Å². The number of aliphatic hydroxyl groups excluding tert-OH is 1. The van der Waals surface area contributed by atoms with Crippen LogP contribution in [0.5, 0.6) is 0 Å². The fraction of sp³-hybridized carbons (Fsp3) is 0.538. The number of anilines is 1. The summed E-state index contributed by atoms with van der Waals surface area (Å²) in [6.07, 6.45) is 1.64. The average Bonchev–Trinajstić information content (AvgIpc) is 2.28. The standard InChI is InChI=1S/C13H19ClN2O/c1-9(15)10-4-5-13(12(14)7-10)16-6-2-3-11(17)8-16/h4-5,7,9,11,17H,2-3,6,8,15H2,1H3/t9-,11?/m0/s1. The van der Waals surface area contributed by atoms with Gasteiger partial charge < -0.3 is 15.7 Å². The van der Waals surface area contributed by atoms with Crippen LogP contribution in [0, 0.1) is 0 Å². The zero-order valence-corrected chi connectivity index (χ0v) is 10.8. The van der Waals surface area contributed by atoms with Gasteiger partial charge in [-0.25, -0.2) is 0 Å². The fourth-order valence-corrected chi connectivity index (χ4v) is 2.54. The number of β-amino-alcohol motifs (C(OH)–C–C–N with tert-alkyl or cyclic N) is 1. The monoisotopic (exact) mass is 254 g/mol. The van der Waals surface area contributed by atoms with Gasteiger partial charge in [-0.2, -0.15) is 0 Å². The topological polar surface area (TPSA) is 49.5 Å². The highest BCUT2D eigenvalue weighted by atomic mass is 35.5. The van der Waals surface area contributed by atoms with Gasteiger partial charge in [0.15, 0.2) is 0 Å². The lowest BCUT2D eigenvalue weighted by Gasteiger charge is -2.32. The van der Waals surface area contributed by atoms with Crippen molar-refractivity contribution < 1.29 is 5.11 Å². The Labute approximate surface area is 107 Å². The van der Waals surface area contributed by atoms with Crippen molar-refractivity contribution in [2.75, 3.05) is 18.0 Å². The Hall–Kier alpha value is -0.770. The van der Waals surface area contributed by atoms with Gasteiger partial charge in [-0.05, 0) is 37.5 Å². The van der Waals surface area contributed by atoms with Crippen LogP contribution in [0.3, 0.4) is 0 Å². The molecule has 1 aromatic carbocycles. The largest absolute Gasteiger partial charge is 0.391 e. The molecule has 1 aromatic rings. The van der Waals surface area contributed by atoms with Crippen molar-refractivity contribution in [1.82, 2.24) is 0 Å². The van der Waals surface area contributed by atoms with Gasteiger partial charge in [-0.1, -0.05) is 17.7 Å². The molecule has 1 unspecified atom stereocenters. The number of nitrogens with zero attached hydrogens (tertiary/aromatic N) is 1. The molecule has 1 saturated heterocycles. The van der Waals surface area contributed by atoms with Crippen molar-refractivity contribution in [2.24, 2.45) is 5.73 Å². The third kappa shape index (κ3) is 2.92. The van der Waals surface area contributed by atoms with E-state index >= 15 is 0 Å². The normalized spacial score (nSPS) is 22.6. The minimum atomic E-state index is -0.243. The molecule has 0 saturated carbocycles. The van der Waals surface area contributed by atoms with Crippen LogP contribution in [0.2, 0.25) is 5.02 Å². The minimum absolute atomic E-state index is 0.00602. The molecule has 94 valence electrons. The molecule has 3 N–H and O–H groups in total. The molecule has 1 aliphatic heterocycles. The van der Waals surface area contributed by atoms with Crippen LogP contribution in [0.4, 0.5) is 5.69 Å². The van der Waals surface area contributed by atoms with Crippen LogP contribution in [0.15, 0.2) is 18.2 Å². The maximum absolute atomic E-state index is 9.67. The number of benzene rings is 1. The van der Waals surface area contributed by atoms with Crippen LogP contribution in [-0.4, -0.2) is 24.3 Å². The second-order valence-corrected chi connectivity index (χ2v) is 5.15. The summed E-state index contributed by atoms with van der Waals surface area (Å²) in [6.45, 7) is 3.56. The van der Waals surface area contributed by atoms with Gasteiger partial charge in [0, 0.05) is 19.1 Å². The predicted molar refractivity (Wildman–Crippen MR) is 71.5 cm³/mol. The Balaban J connectivity index is 2.21. The van der Waals surface area contributed by atoms with Crippen LogP contribution >= 0.6 is 11.6 Å². The van der Waals surface area contributed by atoms with Gasteiger partial charge in [-0.3, -0.25) is 0 Å². The molecular weight excluding hydrogens is 236 g/mol. The summed E-state index contributed by atoms with van der Waals surface area (Å²) in [4.78, 5) is 2.14. The summed E-state index contributed by atoms with van der Waals surface area (Å²) in [5, 5.41) is 10.4. The van der Waals surface area contributed by atoms with E-state index in [1.807, 2.05) is 25.1 Å². The summed E-state index contributed by atoms with van der Waals surface area (Å²) in [7, 11) is 0. The van der Waals surface area contributed by atoms with E-state index in [9.17, 15) is 5.11 Å². The van der Waals surface area contributed by atoms with Gasteiger partial charge in [0.25, 0.3) is 0 Å². The number of hydrogen-bond donors (Lipinski definition) is 2. The molecule has 0 aliphatic carbocycles. The molecule has 3 nitrogen and oxygen atoms in total. The molecule has 1 heterocycles. The molecule has 1 aliphatic rings. The maximum atomic E-state index is 9.67. The van der Waals surface area contributed by atoms with Crippen molar-refractivity contribution >= 4 is 17.3 Å². The van der Waals surface area contributed by atoms with Gasteiger partial charge in [0.1, 0.15) is 0 Å². The first kappa shape index (κ1) is 12.7. The first-order valence-corrected chi connectivity index (χ1v) is 6.44.